The molecule has 3 heterocycles. The molecule has 0 unspecified atom stereocenters. The summed E-state index contributed by atoms with van der Waals surface area (Å²) in [7, 11) is 0. The van der Waals surface area contributed by atoms with E-state index in [1.165, 1.54) is 6.07 Å². The molecule has 4 atom stereocenters. The van der Waals surface area contributed by atoms with Gasteiger partial charge in [-0.3, -0.25) is 9.59 Å². The van der Waals surface area contributed by atoms with Gasteiger partial charge in [0.1, 0.15) is 5.60 Å². The van der Waals surface area contributed by atoms with Gasteiger partial charge in [-0.25, -0.2) is 9.69 Å². The smallest absolute Gasteiger partial charge is 0.340 e. The second-order valence-corrected chi connectivity index (χ2v) is 6.94. The van der Waals surface area contributed by atoms with Crippen molar-refractivity contribution >= 4 is 23.5 Å². The van der Waals surface area contributed by atoms with E-state index in [1.54, 1.807) is 44.2 Å². The number of carbonyl (C=O) groups excluding carboxylic acids is 3. The summed E-state index contributed by atoms with van der Waals surface area (Å²) >= 11 is 0. The number of rotatable bonds is 4. The van der Waals surface area contributed by atoms with Crippen molar-refractivity contribution in [3.05, 3.63) is 42.0 Å². The van der Waals surface area contributed by atoms with Crippen molar-refractivity contribution in [3.8, 4) is 0 Å². The first-order chi connectivity index (χ1) is 12.4. The highest BCUT2D eigenvalue weighted by atomic mass is 16.5. The molecule has 4 rings (SSSR count). The Kier molecular flexibility index (Phi) is 3.58. The normalized spacial score (nSPS) is 34.5. The lowest BCUT2D eigenvalue weighted by atomic mass is 9.73. The highest BCUT2D eigenvalue weighted by molar-refractivity contribution is 6.25. The van der Waals surface area contributed by atoms with Crippen molar-refractivity contribution in [1.29, 1.82) is 0 Å². The molecule has 2 saturated heterocycles. The highest BCUT2D eigenvalue weighted by Gasteiger charge is 2.72. The lowest BCUT2D eigenvalue weighted by Crippen LogP contribution is -2.43. The Morgan fingerprint density at radius 3 is 2.62 bits per heavy atom. The fourth-order valence-electron chi connectivity index (χ4n) is 4.33. The van der Waals surface area contributed by atoms with Gasteiger partial charge < -0.3 is 14.6 Å². The topological polar surface area (TPSA) is 93.1 Å². The molecule has 1 N–H and O–H groups in total. The Balaban J connectivity index is 1.79. The summed E-state index contributed by atoms with van der Waals surface area (Å²) in [6.07, 6.45) is 3.40. The van der Waals surface area contributed by atoms with Gasteiger partial charge in [-0.2, -0.15) is 0 Å². The molecule has 136 valence electrons. The number of benzene rings is 1. The summed E-state index contributed by atoms with van der Waals surface area (Å²) < 4.78 is 10.9. The van der Waals surface area contributed by atoms with Crippen LogP contribution in [0.4, 0.5) is 5.69 Å². The first kappa shape index (κ1) is 16.9. The number of fused-ring (bicyclic) bond motifs is 5. The Hall–Kier alpha value is -2.51. The monoisotopic (exact) mass is 357 g/mol. The van der Waals surface area contributed by atoms with Gasteiger partial charge in [0.25, 0.3) is 0 Å². The minimum Gasteiger partial charge on any atom is -0.462 e. The SMILES string of the molecule is CCOC(=O)c1ccccc1N1C(=O)[C@@H]2[C@H](C1=O)[C@@]1(C)C=C[C@@]2(CO)O1. The van der Waals surface area contributed by atoms with E-state index in [4.69, 9.17) is 9.47 Å². The molecule has 2 amide bonds. The minimum absolute atomic E-state index is 0.153. The lowest BCUT2D eigenvalue weighted by molar-refractivity contribution is -0.131. The summed E-state index contributed by atoms with van der Waals surface area (Å²) in [5, 5.41) is 9.85. The number of imide groups is 1. The number of carbonyl (C=O) groups is 3. The number of ether oxygens (including phenoxy) is 2. The van der Waals surface area contributed by atoms with Crippen LogP contribution in [0.25, 0.3) is 0 Å². The molecule has 3 aliphatic rings. The Bertz CT molecular complexity index is 848. The number of esters is 1. The summed E-state index contributed by atoms with van der Waals surface area (Å²) in [4.78, 5) is 39.6. The van der Waals surface area contributed by atoms with Gasteiger partial charge in [0, 0.05) is 0 Å². The van der Waals surface area contributed by atoms with Crippen LogP contribution in [0.1, 0.15) is 24.2 Å². The first-order valence-electron chi connectivity index (χ1n) is 8.54. The highest BCUT2D eigenvalue weighted by Crippen LogP contribution is 2.57. The van der Waals surface area contributed by atoms with Crippen molar-refractivity contribution < 1.29 is 29.0 Å². The quantitative estimate of drug-likeness (QED) is 0.492. The van der Waals surface area contributed by atoms with Gasteiger partial charge in [-0.05, 0) is 26.0 Å². The van der Waals surface area contributed by atoms with E-state index in [-0.39, 0.29) is 17.9 Å². The zero-order valence-electron chi connectivity index (χ0n) is 14.5. The summed E-state index contributed by atoms with van der Waals surface area (Å²) in [6.45, 7) is 3.21. The van der Waals surface area contributed by atoms with E-state index in [0.717, 1.165) is 4.90 Å². The van der Waals surface area contributed by atoms with Crippen LogP contribution in [0, 0.1) is 11.8 Å². The molecule has 3 aliphatic heterocycles. The van der Waals surface area contributed by atoms with E-state index in [0.29, 0.717) is 0 Å². The number of aliphatic hydroxyl groups is 1. The van der Waals surface area contributed by atoms with Crippen molar-refractivity contribution in [2.24, 2.45) is 11.8 Å². The van der Waals surface area contributed by atoms with Gasteiger partial charge in [0.05, 0.1) is 41.9 Å². The van der Waals surface area contributed by atoms with Gasteiger partial charge in [-0.15, -0.1) is 0 Å². The van der Waals surface area contributed by atoms with Crippen molar-refractivity contribution in [2.45, 2.75) is 25.0 Å². The zero-order valence-corrected chi connectivity index (χ0v) is 14.5. The molecule has 0 aromatic heterocycles. The zero-order chi connectivity index (χ0) is 18.7. The maximum absolute atomic E-state index is 13.2. The lowest BCUT2D eigenvalue weighted by Gasteiger charge is -2.27. The molecular formula is C19H19NO6. The Morgan fingerprint density at radius 1 is 1.23 bits per heavy atom. The van der Waals surface area contributed by atoms with Crippen LogP contribution in [0.2, 0.25) is 0 Å². The third kappa shape index (κ3) is 1.98. The maximum atomic E-state index is 13.2. The van der Waals surface area contributed by atoms with Crippen LogP contribution in [0.15, 0.2) is 36.4 Å². The molecule has 0 spiro atoms. The molecule has 0 radical (unpaired) electrons. The molecule has 2 fully saturated rings. The fourth-order valence-corrected chi connectivity index (χ4v) is 4.33. The fraction of sp³-hybridized carbons (Fsp3) is 0.421. The van der Waals surface area contributed by atoms with Crippen LogP contribution < -0.4 is 4.90 Å². The second-order valence-electron chi connectivity index (χ2n) is 6.94. The van der Waals surface area contributed by atoms with Crippen molar-refractivity contribution in [3.63, 3.8) is 0 Å². The third-order valence-corrected chi connectivity index (χ3v) is 5.44. The summed E-state index contributed by atoms with van der Waals surface area (Å²) in [5.74, 6) is -3.05. The van der Waals surface area contributed by atoms with E-state index in [9.17, 15) is 19.5 Å². The number of para-hydroxylation sites is 1. The van der Waals surface area contributed by atoms with Crippen LogP contribution in [0.5, 0.6) is 0 Å². The van der Waals surface area contributed by atoms with Crippen molar-refractivity contribution in [1.82, 2.24) is 0 Å². The third-order valence-electron chi connectivity index (χ3n) is 5.44. The van der Waals surface area contributed by atoms with Gasteiger partial charge >= 0.3 is 5.97 Å². The average Bonchev–Trinajstić information content (AvgIpc) is 3.21. The number of hydrogen-bond donors (Lipinski definition) is 1. The van der Waals surface area contributed by atoms with Crippen LogP contribution in [-0.2, 0) is 19.1 Å². The Morgan fingerprint density at radius 2 is 1.92 bits per heavy atom. The standard InChI is InChI=1S/C19H19NO6/c1-3-25-17(24)11-6-4-5-7-12(11)20-15(22)13-14(16(20)23)19(10-21)9-8-18(13,2)26-19/h4-9,13-14,21H,3,10H2,1-2H3/t13-,14+,18-,19+/m1/s1. The number of nitrogens with zero attached hydrogens (tertiary/aromatic N) is 1. The predicted octanol–water partition coefficient (Wildman–Crippen LogP) is 1.06. The molecule has 0 saturated carbocycles. The van der Waals surface area contributed by atoms with Crippen molar-refractivity contribution in [2.75, 3.05) is 18.1 Å². The number of amides is 2. The largest absolute Gasteiger partial charge is 0.462 e. The molecule has 1 aromatic carbocycles. The minimum atomic E-state index is -1.19. The van der Waals surface area contributed by atoms with Crippen LogP contribution in [-0.4, -0.2) is 47.3 Å². The molecule has 7 heteroatoms. The van der Waals surface area contributed by atoms with Crippen LogP contribution >= 0.6 is 0 Å². The number of anilines is 1. The second kappa shape index (κ2) is 5.49. The number of aliphatic hydroxyl groups excluding tert-OH is 1. The van der Waals surface area contributed by atoms with E-state index in [1.807, 2.05) is 0 Å². The number of hydrogen-bond acceptors (Lipinski definition) is 6. The molecule has 26 heavy (non-hydrogen) atoms. The Labute approximate surface area is 150 Å². The average molecular weight is 357 g/mol. The van der Waals surface area contributed by atoms with Gasteiger partial charge in [0.2, 0.25) is 11.8 Å². The van der Waals surface area contributed by atoms with Gasteiger partial charge in [0.15, 0.2) is 0 Å². The molecular weight excluding hydrogens is 338 g/mol. The molecule has 7 nitrogen and oxygen atoms in total. The van der Waals surface area contributed by atoms with Crippen LogP contribution in [0.3, 0.4) is 0 Å². The molecule has 1 aromatic rings. The molecule has 2 bridgehead atoms. The van der Waals surface area contributed by atoms with E-state index < -0.39 is 47.4 Å². The van der Waals surface area contributed by atoms with Gasteiger partial charge in [-0.1, -0.05) is 24.3 Å². The summed E-state index contributed by atoms with van der Waals surface area (Å²) in [5.41, 5.74) is -1.79. The predicted molar refractivity (Wildman–Crippen MR) is 90.3 cm³/mol. The van der Waals surface area contributed by atoms with E-state index >= 15 is 0 Å². The maximum Gasteiger partial charge on any atom is 0.340 e. The van der Waals surface area contributed by atoms with E-state index in [2.05, 4.69) is 0 Å². The molecule has 0 aliphatic carbocycles. The first-order valence-corrected chi connectivity index (χ1v) is 8.54. The summed E-state index contributed by atoms with van der Waals surface area (Å²) in [6, 6.07) is 6.37.